The summed E-state index contributed by atoms with van der Waals surface area (Å²) in [5.74, 6) is 2.02. The molecule has 8 aromatic carbocycles. The van der Waals surface area contributed by atoms with E-state index in [1.165, 1.54) is 83.1 Å². The molecule has 2 aromatic heterocycles. The molecule has 2 aliphatic rings. The summed E-state index contributed by atoms with van der Waals surface area (Å²) >= 11 is 0. The van der Waals surface area contributed by atoms with Crippen molar-refractivity contribution < 1.29 is 0 Å². The van der Waals surface area contributed by atoms with Crippen LogP contribution in [0, 0.1) is 0 Å². The number of fused-ring (bicyclic) bond motifs is 10. The van der Waals surface area contributed by atoms with Gasteiger partial charge >= 0.3 is 0 Å². The number of hydrogen-bond acceptors (Lipinski definition) is 3. The fourth-order valence-corrected chi connectivity index (χ4v) is 9.31. The summed E-state index contributed by atoms with van der Waals surface area (Å²) in [6, 6.07) is 65.3. The average molecular weight is 727 g/mol. The first-order valence-corrected chi connectivity index (χ1v) is 19.6. The summed E-state index contributed by atoms with van der Waals surface area (Å²) in [6.07, 6.45) is 1.81. The van der Waals surface area contributed by atoms with E-state index in [0.29, 0.717) is 17.5 Å². The maximum Gasteiger partial charge on any atom is 0.164 e. The Bertz CT molecular complexity index is 3160. The molecule has 266 valence electrons. The van der Waals surface area contributed by atoms with Gasteiger partial charge in [0.1, 0.15) is 0 Å². The molecular formula is C53H34N4. The highest BCUT2D eigenvalue weighted by Crippen LogP contribution is 2.47. The van der Waals surface area contributed by atoms with E-state index < -0.39 is 0 Å². The fraction of sp³-hybridized carbons (Fsp3) is 0.0377. The third-order valence-corrected chi connectivity index (χ3v) is 11.9. The summed E-state index contributed by atoms with van der Waals surface area (Å²) in [5.41, 5.74) is 19.6. The van der Waals surface area contributed by atoms with Crippen LogP contribution in [-0.4, -0.2) is 19.5 Å². The lowest BCUT2D eigenvalue weighted by Gasteiger charge is -2.13. The van der Waals surface area contributed by atoms with E-state index in [0.717, 1.165) is 29.5 Å². The van der Waals surface area contributed by atoms with Crippen molar-refractivity contribution in [1.29, 1.82) is 0 Å². The van der Waals surface area contributed by atoms with E-state index >= 15 is 0 Å². The van der Waals surface area contributed by atoms with Crippen LogP contribution in [0.5, 0.6) is 0 Å². The first kappa shape index (κ1) is 31.9. The van der Waals surface area contributed by atoms with Crippen LogP contribution < -0.4 is 0 Å². The van der Waals surface area contributed by atoms with Crippen molar-refractivity contribution in [3.05, 3.63) is 204 Å². The minimum absolute atomic E-state index is 0.668. The number of para-hydroxylation sites is 1. The van der Waals surface area contributed by atoms with E-state index in [2.05, 4.69) is 150 Å². The van der Waals surface area contributed by atoms with E-state index in [4.69, 9.17) is 15.0 Å². The minimum atomic E-state index is 0.668. The van der Waals surface area contributed by atoms with Crippen molar-refractivity contribution >= 4 is 21.8 Å². The van der Waals surface area contributed by atoms with Crippen LogP contribution in [0.4, 0.5) is 0 Å². The molecule has 0 aliphatic heterocycles. The van der Waals surface area contributed by atoms with Crippen LogP contribution in [0.2, 0.25) is 0 Å². The summed E-state index contributed by atoms with van der Waals surface area (Å²) in [6.45, 7) is 0. The normalized spacial score (nSPS) is 12.4. The number of benzene rings is 8. The maximum absolute atomic E-state index is 5.14. The monoisotopic (exact) mass is 726 g/mol. The van der Waals surface area contributed by atoms with Gasteiger partial charge in [0, 0.05) is 33.2 Å². The second-order valence-corrected chi connectivity index (χ2v) is 15.1. The first-order chi connectivity index (χ1) is 28.2. The van der Waals surface area contributed by atoms with Crippen molar-refractivity contribution in [2.24, 2.45) is 0 Å². The Balaban J connectivity index is 1.03. The van der Waals surface area contributed by atoms with Crippen LogP contribution in [0.15, 0.2) is 182 Å². The van der Waals surface area contributed by atoms with Gasteiger partial charge in [-0.1, -0.05) is 146 Å². The van der Waals surface area contributed by atoms with Crippen LogP contribution in [0.3, 0.4) is 0 Å². The second-order valence-electron chi connectivity index (χ2n) is 15.1. The van der Waals surface area contributed by atoms with Gasteiger partial charge in [0.25, 0.3) is 0 Å². The number of rotatable bonds is 5. The van der Waals surface area contributed by atoms with Gasteiger partial charge in [-0.05, 0) is 105 Å². The third kappa shape index (κ3) is 5.04. The summed E-state index contributed by atoms with van der Waals surface area (Å²) in [4.78, 5) is 15.2. The molecule has 0 bridgehead atoms. The smallest absolute Gasteiger partial charge is 0.164 e. The van der Waals surface area contributed by atoms with Crippen LogP contribution in [0.25, 0.3) is 95.0 Å². The predicted molar refractivity (Wildman–Crippen MR) is 232 cm³/mol. The molecule has 0 unspecified atom stereocenters. The van der Waals surface area contributed by atoms with Crippen molar-refractivity contribution in [3.8, 4) is 73.2 Å². The Morgan fingerprint density at radius 3 is 1.74 bits per heavy atom. The van der Waals surface area contributed by atoms with Crippen LogP contribution in [0.1, 0.15) is 22.3 Å². The van der Waals surface area contributed by atoms with Gasteiger partial charge in [0.2, 0.25) is 0 Å². The summed E-state index contributed by atoms with van der Waals surface area (Å²) < 4.78 is 2.44. The molecule has 0 atom stereocenters. The van der Waals surface area contributed by atoms with Gasteiger partial charge < -0.3 is 4.57 Å². The largest absolute Gasteiger partial charge is 0.309 e. The Morgan fingerprint density at radius 1 is 0.368 bits per heavy atom. The first-order valence-electron chi connectivity index (χ1n) is 19.6. The highest BCUT2D eigenvalue weighted by atomic mass is 15.0. The van der Waals surface area contributed by atoms with Crippen molar-refractivity contribution in [2.45, 2.75) is 12.8 Å². The Labute approximate surface area is 330 Å². The highest BCUT2D eigenvalue weighted by Gasteiger charge is 2.27. The third-order valence-electron chi connectivity index (χ3n) is 11.9. The highest BCUT2D eigenvalue weighted by molar-refractivity contribution is 6.14. The lowest BCUT2D eigenvalue weighted by atomic mass is 9.94. The minimum Gasteiger partial charge on any atom is -0.309 e. The molecule has 10 aromatic rings. The predicted octanol–water partition coefficient (Wildman–Crippen LogP) is 12.8. The van der Waals surface area contributed by atoms with Crippen LogP contribution >= 0.6 is 0 Å². The van der Waals surface area contributed by atoms with E-state index in [9.17, 15) is 0 Å². The van der Waals surface area contributed by atoms with Crippen molar-refractivity contribution in [3.63, 3.8) is 0 Å². The zero-order valence-corrected chi connectivity index (χ0v) is 31.0. The van der Waals surface area contributed by atoms with Crippen molar-refractivity contribution in [1.82, 2.24) is 19.5 Å². The Morgan fingerprint density at radius 2 is 0.965 bits per heavy atom. The maximum atomic E-state index is 5.14. The molecule has 0 spiro atoms. The molecule has 2 aliphatic carbocycles. The van der Waals surface area contributed by atoms with E-state index in [1.807, 2.05) is 36.4 Å². The lowest BCUT2D eigenvalue weighted by molar-refractivity contribution is 1.07. The molecule has 2 heterocycles. The molecule has 12 rings (SSSR count). The number of nitrogens with zero attached hydrogens (tertiary/aromatic N) is 4. The molecule has 4 nitrogen and oxygen atoms in total. The lowest BCUT2D eigenvalue weighted by Crippen LogP contribution is -2.01. The van der Waals surface area contributed by atoms with Gasteiger partial charge in [-0.2, -0.15) is 0 Å². The van der Waals surface area contributed by atoms with Gasteiger partial charge in [-0.3, -0.25) is 0 Å². The molecule has 4 heteroatoms. The summed E-state index contributed by atoms with van der Waals surface area (Å²) in [7, 11) is 0. The summed E-state index contributed by atoms with van der Waals surface area (Å²) in [5, 5.41) is 2.63. The van der Waals surface area contributed by atoms with Gasteiger partial charge in [-0.15, -0.1) is 0 Å². The second kappa shape index (κ2) is 12.6. The van der Waals surface area contributed by atoms with Gasteiger partial charge in [0.15, 0.2) is 17.5 Å². The molecule has 0 saturated heterocycles. The SMILES string of the molecule is c1ccc(-c2nc(-c3ccccc3)nc(-c3cccc4c3-c3cc(-c5ccc6c(c5)c5c7c(ccc5n6-c5ccccc5)-c5ccccc5C7)ccc3C4)n2)cc1. The fourth-order valence-electron chi connectivity index (χ4n) is 9.31. The van der Waals surface area contributed by atoms with E-state index in [1.54, 1.807) is 0 Å². The zero-order valence-electron chi connectivity index (χ0n) is 31.0. The van der Waals surface area contributed by atoms with Gasteiger partial charge in [-0.25, -0.2) is 15.0 Å². The number of hydrogen-bond donors (Lipinski definition) is 0. The van der Waals surface area contributed by atoms with E-state index in [-0.39, 0.29) is 0 Å². The quantitative estimate of drug-likeness (QED) is 0.177. The zero-order chi connectivity index (χ0) is 37.5. The standard InChI is InChI=1S/C53H34N4/c1-4-13-33(14-5-1)51-54-52(34-15-6-2-7-16-34)56-53(55-51)43-22-12-18-39-29-38-24-23-35(30-44(38)49(39)43)36-25-27-47-46(31-36)50-45-32-37-17-10-11-21-41(37)42(45)26-28-48(50)57(47)40-19-8-3-9-20-40/h1-28,30-31H,29,32H2. The molecule has 57 heavy (non-hydrogen) atoms. The molecule has 0 N–H and O–H groups in total. The Hall–Kier alpha value is -7.43. The van der Waals surface area contributed by atoms with Crippen molar-refractivity contribution in [2.75, 3.05) is 0 Å². The molecule has 0 fully saturated rings. The molecule has 0 saturated carbocycles. The van der Waals surface area contributed by atoms with Crippen LogP contribution in [-0.2, 0) is 12.8 Å². The molecule has 0 amide bonds. The van der Waals surface area contributed by atoms with Gasteiger partial charge in [0.05, 0.1) is 11.0 Å². The average Bonchev–Trinajstić information content (AvgIpc) is 3.96. The molecular weight excluding hydrogens is 693 g/mol. The number of aromatic nitrogens is 4. The Kier molecular flexibility index (Phi) is 7.02. The molecule has 0 radical (unpaired) electrons. The topological polar surface area (TPSA) is 43.6 Å².